The molecule has 0 saturated heterocycles. The van der Waals surface area contributed by atoms with Gasteiger partial charge in [-0.2, -0.15) is 0 Å². The van der Waals surface area contributed by atoms with Crippen molar-refractivity contribution in [2.24, 2.45) is 0 Å². The maximum absolute atomic E-state index is 12.3. The summed E-state index contributed by atoms with van der Waals surface area (Å²) in [7, 11) is 0. The van der Waals surface area contributed by atoms with E-state index in [4.69, 9.17) is 11.6 Å². The van der Waals surface area contributed by atoms with E-state index in [1.807, 2.05) is 0 Å². The third-order valence-corrected chi connectivity index (χ3v) is 5.41. The first-order valence-corrected chi connectivity index (χ1v) is 8.56. The summed E-state index contributed by atoms with van der Waals surface area (Å²) in [6, 6.07) is 5.44. The average molecular weight is 410 g/mol. The van der Waals surface area contributed by atoms with E-state index >= 15 is 0 Å². The minimum atomic E-state index is -0.0418. The summed E-state index contributed by atoms with van der Waals surface area (Å²) in [5, 5.41) is 3.75. The number of alkyl halides is 1. The first kappa shape index (κ1) is 15.3. The molecule has 0 radical (unpaired) electrons. The van der Waals surface area contributed by atoms with Crippen LogP contribution in [0.4, 0.5) is 0 Å². The van der Waals surface area contributed by atoms with Crippen LogP contribution < -0.4 is 5.32 Å². The Labute approximate surface area is 135 Å². The van der Waals surface area contributed by atoms with Crippen LogP contribution in [0.1, 0.15) is 42.5 Å². The van der Waals surface area contributed by atoms with Crippen LogP contribution in [0.25, 0.3) is 0 Å². The van der Waals surface area contributed by atoms with Gasteiger partial charge in [0.2, 0.25) is 0 Å². The molecule has 1 saturated carbocycles. The molecule has 2 rings (SSSR count). The monoisotopic (exact) mass is 407 g/mol. The summed E-state index contributed by atoms with van der Waals surface area (Å²) in [6.07, 6.45) is 5.81. The molecule has 5 heteroatoms. The second-order valence-corrected chi connectivity index (χ2v) is 7.33. The summed E-state index contributed by atoms with van der Waals surface area (Å²) >= 11 is 13.0. The number of carbonyl (C=O) groups excluding carboxylic acids is 1. The first-order valence-electron chi connectivity index (χ1n) is 6.48. The highest BCUT2D eigenvalue weighted by Crippen LogP contribution is 2.25. The molecule has 0 spiro atoms. The number of rotatable bonds is 2. The van der Waals surface area contributed by atoms with Crippen molar-refractivity contribution in [2.45, 2.75) is 43.0 Å². The van der Waals surface area contributed by atoms with Gasteiger partial charge < -0.3 is 5.32 Å². The standard InChI is InChI=1S/C14H16Br2ClNO/c15-11-4-2-1-3-5-13(11)18-14(19)10-7-6-9(17)8-12(10)16/h6-8,11,13H,1-5H2,(H,18,19). The van der Waals surface area contributed by atoms with E-state index in [1.165, 1.54) is 19.3 Å². The lowest BCUT2D eigenvalue weighted by Crippen LogP contribution is -2.40. The van der Waals surface area contributed by atoms with Crippen molar-refractivity contribution in [3.05, 3.63) is 33.3 Å². The number of carbonyl (C=O) groups is 1. The predicted octanol–water partition coefficient (Wildman–Crippen LogP) is 4.93. The Bertz CT molecular complexity index is 467. The second-order valence-electron chi connectivity index (χ2n) is 4.86. The highest BCUT2D eigenvalue weighted by Gasteiger charge is 2.24. The Kier molecular flexibility index (Phi) is 5.72. The second kappa shape index (κ2) is 7.09. The molecule has 1 amide bonds. The van der Waals surface area contributed by atoms with Crippen molar-refractivity contribution in [1.29, 1.82) is 0 Å². The quantitative estimate of drug-likeness (QED) is 0.545. The Hall–Kier alpha value is -0.0600. The Morgan fingerprint density at radius 3 is 2.74 bits per heavy atom. The molecule has 1 aliphatic carbocycles. The van der Waals surface area contributed by atoms with E-state index in [0.29, 0.717) is 15.4 Å². The lowest BCUT2D eigenvalue weighted by atomic mass is 10.1. The molecular weight excluding hydrogens is 393 g/mol. The highest BCUT2D eigenvalue weighted by atomic mass is 79.9. The van der Waals surface area contributed by atoms with E-state index in [9.17, 15) is 4.79 Å². The third kappa shape index (κ3) is 4.20. The van der Waals surface area contributed by atoms with Gasteiger partial charge in [-0.15, -0.1) is 0 Å². The van der Waals surface area contributed by atoms with Crippen LogP contribution in [0.15, 0.2) is 22.7 Å². The average Bonchev–Trinajstić information content (AvgIpc) is 2.55. The molecule has 0 heterocycles. The smallest absolute Gasteiger partial charge is 0.252 e. The van der Waals surface area contributed by atoms with Gasteiger partial charge in [-0.3, -0.25) is 4.79 Å². The highest BCUT2D eigenvalue weighted by molar-refractivity contribution is 9.10. The van der Waals surface area contributed by atoms with Gasteiger partial charge in [-0.1, -0.05) is 46.8 Å². The molecule has 1 aromatic carbocycles. The molecule has 1 fully saturated rings. The molecule has 1 aromatic rings. The molecule has 0 bridgehead atoms. The molecule has 104 valence electrons. The molecule has 1 aliphatic rings. The molecular formula is C14H16Br2ClNO. The van der Waals surface area contributed by atoms with Crippen LogP contribution in [0, 0.1) is 0 Å². The van der Waals surface area contributed by atoms with Crippen LogP contribution >= 0.6 is 43.5 Å². The van der Waals surface area contributed by atoms with Crippen molar-refractivity contribution in [3.63, 3.8) is 0 Å². The Morgan fingerprint density at radius 1 is 1.26 bits per heavy atom. The van der Waals surface area contributed by atoms with E-state index < -0.39 is 0 Å². The van der Waals surface area contributed by atoms with E-state index in [1.54, 1.807) is 18.2 Å². The molecule has 2 unspecified atom stereocenters. The van der Waals surface area contributed by atoms with Crippen LogP contribution in [0.5, 0.6) is 0 Å². The lowest BCUT2D eigenvalue weighted by Gasteiger charge is -2.21. The van der Waals surface area contributed by atoms with Crippen LogP contribution in [0.2, 0.25) is 5.02 Å². The number of hydrogen-bond donors (Lipinski definition) is 1. The summed E-state index contributed by atoms with van der Waals surface area (Å²) in [4.78, 5) is 12.7. The minimum absolute atomic E-state index is 0.0418. The number of halogens is 3. The van der Waals surface area contributed by atoms with Crippen molar-refractivity contribution in [1.82, 2.24) is 5.32 Å². The van der Waals surface area contributed by atoms with Crippen molar-refractivity contribution < 1.29 is 4.79 Å². The van der Waals surface area contributed by atoms with Gasteiger partial charge >= 0.3 is 0 Å². The maximum atomic E-state index is 12.3. The molecule has 19 heavy (non-hydrogen) atoms. The maximum Gasteiger partial charge on any atom is 0.252 e. The third-order valence-electron chi connectivity index (χ3n) is 3.42. The number of nitrogens with one attached hydrogen (secondary N) is 1. The van der Waals surface area contributed by atoms with E-state index in [2.05, 4.69) is 37.2 Å². The molecule has 0 aliphatic heterocycles. The molecule has 2 atom stereocenters. The van der Waals surface area contributed by atoms with Gasteiger partial charge in [0.25, 0.3) is 5.91 Å². The summed E-state index contributed by atoms with van der Waals surface area (Å²) < 4.78 is 0.734. The summed E-state index contributed by atoms with van der Waals surface area (Å²) in [5.41, 5.74) is 0.633. The zero-order valence-electron chi connectivity index (χ0n) is 10.5. The minimum Gasteiger partial charge on any atom is -0.348 e. The summed E-state index contributed by atoms with van der Waals surface area (Å²) in [6.45, 7) is 0. The van der Waals surface area contributed by atoms with Crippen LogP contribution in [-0.4, -0.2) is 16.8 Å². The van der Waals surface area contributed by atoms with Crippen molar-refractivity contribution >= 4 is 49.4 Å². The van der Waals surface area contributed by atoms with Gasteiger partial charge in [0.1, 0.15) is 0 Å². The fourth-order valence-corrected chi connectivity index (χ4v) is 3.93. The molecule has 2 nitrogen and oxygen atoms in total. The van der Waals surface area contributed by atoms with Gasteiger partial charge in [-0.25, -0.2) is 0 Å². The van der Waals surface area contributed by atoms with Gasteiger partial charge in [0.05, 0.1) is 5.56 Å². The largest absolute Gasteiger partial charge is 0.348 e. The number of hydrogen-bond acceptors (Lipinski definition) is 1. The summed E-state index contributed by atoms with van der Waals surface area (Å²) in [5.74, 6) is -0.0418. The zero-order valence-corrected chi connectivity index (χ0v) is 14.4. The first-order chi connectivity index (χ1) is 9.08. The lowest BCUT2D eigenvalue weighted by molar-refractivity contribution is 0.0934. The fourth-order valence-electron chi connectivity index (χ4n) is 2.34. The number of amides is 1. The van der Waals surface area contributed by atoms with Gasteiger partial charge in [0.15, 0.2) is 0 Å². The molecule has 1 N–H and O–H groups in total. The Morgan fingerprint density at radius 2 is 2.00 bits per heavy atom. The predicted molar refractivity (Wildman–Crippen MR) is 86.2 cm³/mol. The van der Waals surface area contributed by atoms with Crippen molar-refractivity contribution in [2.75, 3.05) is 0 Å². The normalized spacial score (nSPS) is 23.7. The van der Waals surface area contributed by atoms with Gasteiger partial charge in [-0.05, 0) is 47.0 Å². The zero-order chi connectivity index (χ0) is 13.8. The molecule has 0 aromatic heterocycles. The van der Waals surface area contributed by atoms with E-state index in [0.717, 1.165) is 17.3 Å². The van der Waals surface area contributed by atoms with Crippen molar-refractivity contribution in [3.8, 4) is 0 Å². The Balaban J connectivity index is 2.07. The topological polar surface area (TPSA) is 29.1 Å². The fraction of sp³-hybridized carbons (Fsp3) is 0.500. The SMILES string of the molecule is O=C(NC1CCCCCC1Br)c1ccc(Cl)cc1Br. The number of benzene rings is 1. The van der Waals surface area contributed by atoms with E-state index in [-0.39, 0.29) is 11.9 Å². The van der Waals surface area contributed by atoms with Gasteiger partial charge in [0, 0.05) is 20.4 Å². The van der Waals surface area contributed by atoms with Crippen LogP contribution in [0.3, 0.4) is 0 Å². The van der Waals surface area contributed by atoms with Crippen LogP contribution in [-0.2, 0) is 0 Å².